The lowest BCUT2D eigenvalue weighted by molar-refractivity contribution is -0.120. The molecule has 0 saturated carbocycles. The summed E-state index contributed by atoms with van der Waals surface area (Å²) in [6, 6.07) is 12.6. The van der Waals surface area contributed by atoms with Gasteiger partial charge in [-0.05, 0) is 48.5 Å². The molecule has 2 aromatic carbocycles. The van der Waals surface area contributed by atoms with E-state index in [1.54, 1.807) is 18.2 Å². The second kappa shape index (κ2) is 8.69. The molecule has 0 radical (unpaired) electrons. The van der Waals surface area contributed by atoms with Crippen LogP contribution < -0.4 is 15.8 Å². The van der Waals surface area contributed by atoms with Gasteiger partial charge in [0, 0.05) is 15.7 Å². The summed E-state index contributed by atoms with van der Waals surface area (Å²) in [7, 11) is 0. The fourth-order valence-corrected chi connectivity index (χ4v) is 2.34. The van der Waals surface area contributed by atoms with Crippen molar-refractivity contribution in [1.82, 2.24) is 0 Å². The van der Waals surface area contributed by atoms with Gasteiger partial charge in [0.15, 0.2) is 6.61 Å². The normalized spacial score (nSPS) is 10.7. The number of nitrogens with one attached hydrogen (secondary N) is 1. The molecule has 8 heteroatoms. The summed E-state index contributed by atoms with van der Waals surface area (Å²) in [5, 5.41) is 21.1. The third kappa shape index (κ3) is 5.36. The van der Waals surface area contributed by atoms with Crippen LogP contribution in [0.25, 0.3) is 6.08 Å². The van der Waals surface area contributed by atoms with E-state index in [2.05, 4.69) is 21.2 Å². The molecule has 26 heavy (non-hydrogen) atoms. The maximum absolute atomic E-state index is 12.3. The number of phenols is 1. The van der Waals surface area contributed by atoms with Crippen LogP contribution in [0.4, 0.5) is 5.69 Å². The molecule has 0 aliphatic rings. The van der Waals surface area contributed by atoms with Crippen molar-refractivity contribution in [3.8, 4) is 17.6 Å². The van der Waals surface area contributed by atoms with Crippen LogP contribution >= 0.6 is 15.9 Å². The molecule has 0 aliphatic carbocycles. The molecule has 0 saturated heterocycles. The van der Waals surface area contributed by atoms with Crippen LogP contribution in [-0.4, -0.2) is 23.5 Å². The predicted molar refractivity (Wildman–Crippen MR) is 99.2 cm³/mol. The zero-order chi connectivity index (χ0) is 19.1. The second-order valence-corrected chi connectivity index (χ2v) is 6.02. The van der Waals surface area contributed by atoms with E-state index in [4.69, 9.17) is 10.5 Å². The average Bonchev–Trinajstić information content (AvgIpc) is 2.60. The Bertz CT molecular complexity index is 902. The lowest BCUT2D eigenvalue weighted by Crippen LogP contribution is -2.20. The highest BCUT2D eigenvalue weighted by Gasteiger charge is 2.12. The van der Waals surface area contributed by atoms with Gasteiger partial charge in [-0.2, -0.15) is 5.26 Å². The van der Waals surface area contributed by atoms with Gasteiger partial charge >= 0.3 is 0 Å². The van der Waals surface area contributed by atoms with E-state index in [0.29, 0.717) is 21.5 Å². The van der Waals surface area contributed by atoms with Crippen molar-refractivity contribution in [3.05, 3.63) is 58.1 Å². The highest BCUT2D eigenvalue weighted by molar-refractivity contribution is 9.10. The maximum Gasteiger partial charge on any atom is 0.266 e. The zero-order valence-electron chi connectivity index (χ0n) is 13.4. The number of anilines is 1. The fraction of sp³-hybridized carbons (Fsp3) is 0.0556. The van der Waals surface area contributed by atoms with Crippen molar-refractivity contribution in [2.75, 3.05) is 11.9 Å². The summed E-state index contributed by atoms with van der Waals surface area (Å²) in [5.41, 5.74) is 5.76. The molecule has 0 fully saturated rings. The molecule has 2 amide bonds. The molecular weight excluding hydrogens is 402 g/mol. The first-order valence-electron chi connectivity index (χ1n) is 7.32. The molecule has 0 bridgehead atoms. The second-order valence-electron chi connectivity index (χ2n) is 5.11. The quantitative estimate of drug-likeness (QED) is 0.379. The number of phenolic OH excluding ortho intramolecular Hbond substituents is 1. The molecule has 2 rings (SSSR count). The van der Waals surface area contributed by atoms with Gasteiger partial charge in [-0.1, -0.05) is 15.9 Å². The van der Waals surface area contributed by atoms with E-state index in [0.717, 1.165) is 0 Å². The molecule has 0 aliphatic heterocycles. The average molecular weight is 416 g/mol. The lowest BCUT2D eigenvalue weighted by atomic mass is 10.1. The first-order valence-corrected chi connectivity index (χ1v) is 8.11. The number of nitriles is 1. The number of primary amides is 1. The SMILES string of the molecule is N#C/C(=C\c1cc(Br)ccc1OCC(N)=O)C(=O)Nc1ccc(O)cc1. The van der Waals surface area contributed by atoms with Crippen LogP contribution in [0.2, 0.25) is 0 Å². The molecule has 7 nitrogen and oxygen atoms in total. The summed E-state index contributed by atoms with van der Waals surface area (Å²) in [4.78, 5) is 23.2. The first kappa shape index (κ1) is 19.0. The van der Waals surface area contributed by atoms with Crippen LogP contribution in [0, 0.1) is 11.3 Å². The minimum atomic E-state index is -0.645. The van der Waals surface area contributed by atoms with E-state index < -0.39 is 11.8 Å². The Balaban J connectivity index is 2.28. The summed E-state index contributed by atoms with van der Waals surface area (Å²) >= 11 is 3.30. The van der Waals surface area contributed by atoms with Gasteiger partial charge < -0.3 is 20.9 Å². The highest BCUT2D eigenvalue weighted by atomic mass is 79.9. The van der Waals surface area contributed by atoms with E-state index in [1.165, 1.54) is 30.3 Å². The number of carbonyl (C=O) groups excluding carboxylic acids is 2. The number of hydrogen-bond acceptors (Lipinski definition) is 5. The van der Waals surface area contributed by atoms with Crippen molar-refractivity contribution < 1.29 is 19.4 Å². The number of amides is 2. The van der Waals surface area contributed by atoms with Gasteiger partial charge in [0.1, 0.15) is 23.1 Å². The molecule has 0 unspecified atom stereocenters. The van der Waals surface area contributed by atoms with Gasteiger partial charge in [0.2, 0.25) is 0 Å². The number of rotatable bonds is 6. The van der Waals surface area contributed by atoms with Crippen LogP contribution in [0.1, 0.15) is 5.56 Å². The third-order valence-corrected chi connectivity index (χ3v) is 3.63. The van der Waals surface area contributed by atoms with Crippen LogP contribution in [0.5, 0.6) is 11.5 Å². The Morgan fingerprint density at radius 1 is 1.27 bits per heavy atom. The number of benzene rings is 2. The Hall–Kier alpha value is -3.31. The number of ether oxygens (including phenoxy) is 1. The topological polar surface area (TPSA) is 125 Å². The number of hydrogen-bond donors (Lipinski definition) is 3. The van der Waals surface area contributed by atoms with Crippen LogP contribution in [0.15, 0.2) is 52.5 Å². The molecule has 0 spiro atoms. The molecule has 0 heterocycles. The maximum atomic E-state index is 12.3. The van der Waals surface area contributed by atoms with Crippen LogP contribution in [-0.2, 0) is 9.59 Å². The smallest absolute Gasteiger partial charge is 0.266 e. The fourth-order valence-electron chi connectivity index (χ4n) is 1.96. The molecule has 0 atom stereocenters. The van der Waals surface area contributed by atoms with Gasteiger partial charge in [-0.15, -0.1) is 0 Å². The molecular formula is C18H14BrN3O4. The molecule has 132 valence electrons. The molecule has 2 aromatic rings. The Kier molecular flexibility index (Phi) is 6.36. The van der Waals surface area contributed by atoms with Crippen molar-refractivity contribution in [3.63, 3.8) is 0 Å². The van der Waals surface area contributed by atoms with Crippen LogP contribution in [0.3, 0.4) is 0 Å². The molecule has 0 aromatic heterocycles. The summed E-state index contributed by atoms with van der Waals surface area (Å²) < 4.78 is 6.00. The molecule has 4 N–H and O–H groups in total. The summed E-state index contributed by atoms with van der Waals surface area (Å²) in [6.45, 7) is -0.329. The summed E-state index contributed by atoms with van der Waals surface area (Å²) in [6.07, 6.45) is 1.34. The van der Waals surface area contributed by atoms with Gasteiger partial charge in [0.05, 0.1) is 0 Å². The monoisotopic (exact) mass is 415 g/mol. The van der Waals surface area contributed by atoms with Crippen molar-refractivity contribution in [1.29, 1.82) is 5.26 Å². The van der Waals surface area contributed by atoms with E-state index in [9.17, 15) is 20.0 Å². The largest absolute Gasteiger partial charge is 0.508 e. The first-order chi connectivity index (χ1) is 12.4. The standard InChI is InChI=1S/C18H14BrN3O4/c19-13-1-6-16(26-10-17(21)24)11(8-13)7-12(9-20)18(25)22-14-2-4-15(23)5-3-14/h1-8,23H,10H2,(H2,21,24)(H,22,25)/b12-7+. The van der Waals surface area contributed by atoms with Gasteiger partial charge in [0.25, 0.3) is 11.8 Å². The highest BCUT2D eigenvalue weighted by Crippen LogP contribution is 2.26. The number of halogens is 1. The number of nitrogens with zero attached hydrogens (tertiary/aromatic N) is 1. The van der Waals surface area contributed by atoms with Crippen molar-refractivity contribution in [2.45, 2.75) is 0 Å². The van der Waals surface area contributed by atoms with Crippen molar-refractivity contribution in [2.24, 2.45) is 5.73 Å². The van der Waals surface area contributed by atoms with E-state index >= 15 is 0 Å². The number of nitrogens with two attached hydrogens (primary N) is 1. The number of carbonyl (C=O) groups is 2. The Morgan fingerprint density at radius 2 is 1.96 bits per heavy atom. The van der Waals surface area contributed by atoms with E-state index in [1.807, 2.05) is 6.07 Å². The van der Waals surface area contributed by atoms with Gasteiger partial charge in [-0.25, -0.2) is 0 Å². The Labute approximate surface area is 157 Å². The predicted octanol–water partition coefficient (Wildman–Crippen LogP) is 2.56. The van der Waals surface area contributed by atoms with E-state index in [-0.39, 0.29) is 17.9 Å². The Morgan fingerprint density at radius 3 is 2.58 bits per heavy atom. The van der Waals surface area contributed by atoms with Crippen molar-refractivity contribution >= 4 is 39.5 Å². The third-order valence-electron chi connectivity index (χ3n) is 3.13. The minimum absolute atomic E-state index is 0.0597. The number of aromatic hydroxyl groups is 1. The zero-order valence-corrected chi connectivity index (χ0v) is 15.0. The summed E-state index contributed by atoms with van der Waals surface area (Å²) in [5.74, 6) is -0.908. The van der Waals surface area contributed by atoms with Gasteiger partial charge in [-0.3, -0.25) is 9.59 Å². The minimum Gasteiger partial charge on any atom is -0.508 e. The lowest BCUT2D eigenvalue weighted by Gasteiger charge is -2.09.